The Morgan fingerprint density at radius 2 is 1.88 bits per heavy atom. The van der Waals surface area contributed by atoms with Crippen molar-refractivity contribution in [3.8, 4) is 0 Å². The first-order valence-electron chi connectivity index (χ1n) is 8.95. The summed E-state index contributed by atoms with van der Waals surface area (Å²) in [5.41, 5.74) is 2.75. The SMILES string of the molecule is CC(C)c1cc2c(cc1S(=O)(=O)O)[C@@]1(C)CCC[C@@](C)(C(=O)O)I1CC2. The second-order valence-corrected chi connectivity index (χ2v) is 17.3. The van der Waals surface area contributed by atoms with E-state index < -0.39 is 39.3 Å². The fourth-order valence-corrected chi connectivity index (χ4v) is 15.3. The van der Waals surface area contributed by atoms with Crippen molar-refractivity contribution in [2.75, 3.05) is 4.43 Å². The number of carboxylic acids is 1. The first-order chi connectivity index (χ1) is 11.9. The summed E-state index contributed by atoms with van der Waals surface area (Å²) in [5.74, 6) is -0.719. The third-order valence-corrected chi connectivity index (χ3v) is 16.4. The minimum absolute atomic E-state index is 0.00667. The van der Waals surface area contributed by atoms with Gasteiger partial charge in [0.15, 0.2) is 0 Å². The Hall–Kier alpha value is -0.670. The Bertz CT molecular complexity index is 863. The van der Waals surface area contributed by atoms with Crippen molar-refractivity contribution in [3.63, 3.8) is 0 Å². The van der Waals surface area contributed by atoms with Crippen LogP contribution < -0.4 is 0 Å². The van der Waals surface area contributed by atoms with Crippen LogP contribution >= 0.6 is 19.8 Å². The number of carboxylic acid groups (broad SMARTS) is 1. The second-order valence-electron chi connectivity index (χ2n) is 8.03. The Morgan fingerprint density at radius 3 is 2.42 bits per heavy atom. The van der Waals surface area contributed by atoms with E-state index in [0.29, 0.717) is 12.0 Å². The van der Waals surface area contributed by atoms with Crippen LogP contribution in [0.3, 0.4) is 0 Å². The van der Waals surface area contributed by atoms with Crippen molar-refractivity contribution >= 4 is 35.9 Å². The summed E-state index contributed by atoms with van der Waals surface area (Å²) in [7, 11) is -4.32. The normalized spacial score (nSPS) is 30.0. The number of rotatable bonds is 3. The Labute approximate surface area is 162 Å². The average molecular weight is 494 g/mol. The molecule has 0 aromatic heterocycles. The molecular weight excluding hydrogens is 467 g/mol. The first kappa shape index (κ1) is 20.1. The standard InChI is InChI=1S/C19H27IO5S/c1-12(2)14-10-13-6-9-20-18(3,7-5-8-19(20,4)17(21)22)15(13)11-16(14)26(23,24)25/h10-12H,5-9H2,1-4H3,(H,21,22)(H,23,24,25)/t18-,19+/m1/s1. The van der Waals surface area contributed by atoms with Gasteiger partial charge in [-0.1, -0.05) is 0 Å². The number of halogens is 1. The number of fused-ring (bicyclic) bond motifs is 3. The molecule has 1 aromatic carbocycles. The van der Waals surface area contributed by atoms with Gasteiger partial charge in [0, 0.05) is 0 Å². The fraction of sp³-hybridized carbons (Fsp3) is 0.632. The predicted octanol–water partition coefficient (Wildman–Crippen LogP) is 4.36. The van der Waals surface area contributed by atoms with Gasteiger partial charge in [-0.15, -0.1) is 0 Å². The minimum atomic E-state index is -4.32. The topological polar surface area (TPSA) is 91.7 Å². The van der Waals surface area contributed by atoms with Gasteiger partial charge in [-0.05, 0) is 0 Å². The summed E-state index contributed by atoms with van der Waals surface area (Å²) in [4.78, 5) is 12.1. The van der Waals surface area contributed by atoms with E-state index in [1.165, 1.54) is 0 Å². The summed E-state index contributed by atoms with van der Waals surface area (Å²) >= 11 is -1.98. The Balaban J connectivity index is 2.24. The van der Waals surface area contributed by atoms with Crippen molar-refractivity contribution in [1.29, 1.82) is 0 Å². The van der Waals surface area contributed by atoms with Gasteiger partial charge in [-0.25, -0.2) is 0 Å². The number of hydrogen-bond acceptors (Lipinski definition) is 3. The zero-order valence-corrected chi connectivity index (χ0v) is 18.6. The van der Waals surface area contributed by atoms with Crippen LogP contribution in [0.5, 0.6) is 0 Å². The van der Waals surface area contributed by atoms with E-state index in [1.807, 2.05) is 26.8 Å². The number of benzene rings is 1. The molecule has 1 fully saturated rings. The zero-order chi connectivity index (χ0) is 19.5. The van der Waals surface area contributed by atoms with Gasteiger partial charge in [0.05, 0.1) is 0 Å². The van der Waals surface area contributed by atoms with Crippen LogP contribution in [-0.4, -0.2) is 31.9 Å². The summed E-state index contributed by atoms with van der Waals surface area (Å²) in [5, 5.41) is 9.90. The van der Waals surface area contributed by atoms with Gasteiger partial charge in [0.1, 0.15) is 0 Å². The van der Waals surface area contributed by atoms with E-state index >= 15 is 0 Å². The number of aliphatic carboxylic acids is 1. The summed E-state index contributed by atoms with van der Waals surface area (Å²) in [6.07, 6.45) is 3.26. The van der Waals surface area contributed by atoms with Crippen molar-refractivity contribution in [2.24, 2.45) is 0 Å². The predicted molar refractivity (Wildman–Crippen MR) is 110 cm³/mol. The maximum absolute atomic E-state index is 12.1. The molecule has 146 valence electrons. The van der Waals surface area contributed by atoms with Crippen molar-refractivity contribution in [3.05, 3.63) is 28.8 Å². The molecule has 2 aliphatic heterocycles. The van der Waals surface area contributed by atoms with Crippen molar-refractivity contribution in [1.82, 2.24) is 0 Å². The van der Waals surface area contributed by atoms with Crippen molar-refractivity contribution in [2.45, 2.75) is 71.0 Å². The van der Waals surface area contributed by atoms with Crippen molar-refractivity contribution < 1.29 is 22.9 Å². The average Bonchev–Trinajstić information content (AvgIpc) is 2.52. The van der Waals surface area contributed by atoms with E-state index in [9.17, 15) is 22.9 Å². The monoisotopic (exact) mass is 494 g/mol. The molecule has 0 bridgehead atoms. The number of carbonyl (C=O) groups is 1. The van der Waals surface area contributed by atoms with Gasteiger partial charge < -0.3 is 0 Å². The molecule has 3 rings (SSSR count). The van der Waals surface area contributed by atoms with E-state index in [1.54, 1.807) is 6.07 Å². The molecule has 2 heterocycles. The fourth-order valence-electron chi connectivity index (χ4n) is 4.53. The molecule has 0 spiro atoms. The molecule has 2 N–H and O–H groups in total. The van der Waals surface area contributed by atoms with Crippen LogP contribution in [0.15, 0.2) is 17.0 Å². The van der Waals surface area contributed by atoms with Crippen LogP contribution in [0, 0.1) is 0 Å². The van der Waals surface area contributed by atoms with E-state index in [2.05, 4.69) is 6.92 Å². The second kappa shape index (κ2) is 6.44. The Morgan fingerprint density at radius 1 is 1.23 bits per heavy atom. The Kier molecular flexibility index (Phi) is 4.98. The summed E-state index contributed by atoms with van der Waals surface area (Å²) in [6.45, 7) is 7.87. The van der Waals surface area contributed by atoms with E-state index in [-0.39, 0.29) is 14.2 Å². The molecule has 5 nitrogen and oxygen atoms in total. The van der Waals surface area contributed by atoms with Gasteiger partial charge in [-0.2, -0.15) is 0 Å². The number of hydrogen-bond donors (Lipinski definition) is 2. The van der Waals surface area contributed by atoms with Gasteiger partial charge in [0.25, 0.3) is 0 Å². The quantitative estimate of drug-likeness (QED) is 0.370. The molecule has 1 aromatic rings. The van der Waals surface area contributed by atoms with E-state index in [0.717, 1.165) is 34.8 Å². The third-order valence-electron chi connectivity index (χ3n) is 6.00. The molecule has 0 saturated carbocycles. The number of aryl methyl sites for hydroxylation is 1. The van der Waals surface area contributed by atoms with Crippen LogP contribution in [-0.2, 0) is 24.8 Å². The van der Waals surface area contributed by atoms with Crippen LogP contribution in [0.2, 0.25) is 0 Å². The van der Waals surface area contributed by atoms with Gasteiger partial charge in [-0.3, -0.25) is 0 Å². The molecule has 0 unspecified atom stereocenters. The van der Waals surface area contributed by atoms with Gasteiger partial charge in [0.2, 0.25) is 0 Å². The van der Waals surface area contributed by atoms with E-state index in [4.69, 9.17) is 0 Å². The number of alkyl halides is 3. The molecule has 26 heavy (non-hydrogen) atoms. The molecule has 0 radical (unpaired) electrons. The summed E-state index contributed by atoms with van der Waals surface area (Å²) in [6, 6.07) is 3.60. The first-order valence-corrected chi connectivity index (χ1v) is 14.1. The molecule has 1 saturated heterocycles. The third kappa shape index (κ3) is 2.99. The molecular formula is C19H27IO5S. The maximum atomic E-state index is 12.1. The van der Waals surface area contributed by atoms with Crippen LogP contribution in [0.25, 0.3) is 0 Å². The molecule has 0 aliphatic carbocycles. The molecule has 0 amide bonds. The molecule has 7 heteroatoms. The molecule has 2 aliphatic rings. The zero-order valence-electron chi connectivity index (χ0n) is 15.7. The molecule has 2 atom stereocenters. The summed E-state index contributed by atoms with van der Waals surface area (Å²) < 4.78 is 33.9. The van der Waals surface area contributed by atoms with Crippen LogP contribution in [0.4, 0.5) is 0 Å². The van der Waals surface area contributed by atoms with Gasteiger partial charge >= 0.3 is 163 Å². The van der Waals surface area contributed by atoms with Crippen LogP contribution in [0.1, 0.15) is 69.6 Å².